The number of piperazine rings is 1. The first-order chi connectivity index (χ1) is 15.7. The number of rotatable bonds is 4. The molecule has 2 aliphatic heterocycles. The van der Waals surface area contributed by atoms with E-state index in [0.29, 0.717) is 5.56 Å². The van der Waals surface area contributed by atoms with Crippen molar-refractivity contribution >= 4 is 11.7 Å². The van der Waals surface area contributed by atoms with Gasteiger partial charge in [0.25, 0.3) is 5.91 Å². The topological polar surface area (TPSA) is 52.6 Å². The van der Waals surface area contributed by atoms with E-state index in [1.807, 2.05) is 53.4 Å². The highest BCUT2D eigenvalue weighted by molar-refractivity contribution is 5.95. The zero-order valence-electron chi connectivity index (χ0n) is 18.5. The van der Waals surface area contributed by atoms with Crippen molar-refractivity contribution < 1.29 is 4.79 Å². The summed E-state index contributed by atoms with van der Waals surface area (Å²) in [4.78, 5) is 29.0. The molecule has 3 heterocycles. The summed E-state index contributed by atoms with van der Waals surface area (Å²) in [5.74, 6) is 1.06. The number of carbonyl (C=O) groups is 1. The van der Waals surface area contributed by atoms with Gasteiger partial charge in [-0.25, -0.2) is 9.97 Å². The molecule has 0 spiro atoms. The fraction of sp³-hybridized carbons (Fsp3) is 0.346. The highest BCUT2D eigenvalue weighted by Crippen LogP contribution is 2.28. The summed E-state index contributed by atoms with van der Waals surface area (Å²) in [6.45, 7) is 4.55. The Morgan fingerprint density at radius 2 is 1.66 bits per heavy atom. The number of anilines is 1. The molecule has 6 heteroatoms. The van der Waals surface area contributed by atoms with Crippen LogP contribution in [-0.4, -0.2) is 65.4 Å². The quantitative estimate of drug-likeness (QED) is 0.633. The van der Waals surface area contributed by atoms with Crippen molar-refractivity contribution in [2.75, 3.05) is 44.7 Å². The van der Waals surface area contributed by atoms with Gasteiger partial charge in [-0.3, -0.25) is 4.79 Å². The molecule has 0 unspecified atom stereocenters. The molecule has 2 saturated heterocycles. The second-order valence-electron chi connectivity index (χ2n) is 8.72. The highest BCUT2D eigenvalue weighted by atomic mass is 16.2. The fourth-order valence-corrected chi connectivity index (χ4v) is 4.70. The van der Waals surface area contributed by atoms with Crippen molar-refractivity contribution in [2.24, 2.45) is 0 Å². The Morgan fingerprint density at radius 3 is 2.41 bits per heavy atom. The maximum atomic E-state index is 13.4. The highest BCUT2D eigenvalue weighted by Gasteiger charge is 2.30. The predicted molar refractivity (Wildman–Crippen MR) is 127 cm³/mol. The molecule has 1 atom stereocenters. The van der Waals surface area contributed by atoms with Crippen LogP contribution in [0.25, 0.3) is 11.3 Å². The maximum Gasteiger partial charge on any atom is 0.254 e. The lowest BCUT2D eigenvalue weighted by Gasteiger charge is -2.40. The molecular formula is C26H29N5O. The molecule has 32 heavy (non-hydrogen) atoms. The number of hydrogen-bond acceptors (Lipinski definition) is 5. The number of likely N-dealkylation sites (N-methyl/N-ethyl adjacent to an activating group) is 1. The summed E-state index contributed by atoms with van der Waals surface area (Å²) < 4.78 is 0. The summed E-state index contributed by atoms with van der Waals surface area (Å²) >= 11 is 0. The Hall–Kier alpha value is -3.25. The lowest BCUT2D eigenvalue weighted by molar-refractivity contribution is 0.0498. The number of amides is 1. The molecule has 0 aliphatic carbocycles. The minimum atomic E-state index is 0.0620. The van der Waals surface area contributed by atoms with Crippen molar-refractivity contribution in [2.45, 2.75) is 18.9 Å². The van der Waals surface area contributed by atoms with Gasteiger partial charge in [-0.15, -0.1) is 0 Å². The molecule has 5 rings (SSSR count). The van der Waals surface area contributed by atoms with Gasteiger partial charge in [0.15, 0.2) is 0 Å². The zero-order chi connectivity index (χ0) is 21.9. The maximum absolute atomic E-state index is 13.4. The third kappa shape index (κ3) is 4.23. The number of carbonyl (C=O) groups excluding carboxylic acids is 1. The van der Waals surface area contributed by atoms with E-state index in [1.165, 1.54) is 18.4 Å². The minimum Gasteiger partial charge on any atom is -0.357 e. The van der Waals surface area contributed by atoms with E-state index >= 15 is 0 Å². The molecule has 1 amide bonds. The summed E-state index contributed by atoms with van der Waals surface area (Å²) in [7, 11) is 2.12. The first-order valence-electron chi connectivity index (χ1n) is 11.4. The van der Waals surface area contributed by atoms with Crippen molar-refractivity contribution in [1.82, 2.24) is 19.8 Å². The number of benzene rings is 2. The Labute approximate surface area is 189 Å². The van der Waals surface area contributed by atoms with Gasteiger partial charge in [0.2, 0.25) is 0 Å². The molecule has 2 fully saturated rings. The minimum absolute atomic E-state index is 0.0620. The van der Waals surface area contributed by atoms with Crippen LogP contribution in [0, 0.1) is 0 Å². The Kier molecular flexibility index (Phi) is 5.86. The fourth-order valence-electron chi connectivity index (χ4n) is 4.70. The Morgan fingerprint density at radius 1 is 0.906 bits per heavy atom. The molecule has 164 valence electrons. The largest absolute Gasteiger partial charge is 0.357 e. The first kappa shape index (κ1) is 20.6. The molecule has 6 nitrogen and oxygen atoms in total. The second kappa shape index (κ2) is 9.09. The number of nitrogens with zero attached hydrogens (tertiary/aromatic N) is 5. The lowest BCUT2D eigenvalue weighted by Crippen LogP contribution is -2.49. The van der Waals surface area contributed by atoms with Crippen molar-refractivity contribution in [1.29, 1.82) is 0 Å². The van der Waals surface area contributed by atoms with Crippen LogP contribution in [0.2, 0.25) is 0 Å². The van der Waals surface area contributed by atoms with Crippen molar-refractivity contribution in [3.63, 3.8) is 0 Å². The van der Waals surface area contributed by atoms with Crippen LogP contribution in [0.4, 0.5) is 5.82 Å². The van der Waals surface area contributed by atoms with Gasteiger partial charge in [0, 0.05) is 49.9 Å². The normalized spacial score (nSPS) is 19.3. The third-order valence-electron chi connectivity index (χ3n) is 6.54. The van der Waals surface area contributed by atoms with E-state index in [9.17, 15) is 4.79 Å². The van der Waals surface area contributed by atoms with Crippen LogP contribution >= 0.6 is 0 Å². The van der Waals surface area contributed by atoms with Gasteiger partial charge < -0.3 is 14.7 Å². The molecule has 2 aliphatic rings. The van der Waals surface area contributed by atoms with E-state index < -0.39 is 0 Å². The monoisotopic (exact) mass is 427 g/mol. The SMILES string of the molecule is CN1CCN(C(=O)c2ccc(-c3cc(N4CCCC4)ncn3)cc2)[C@@H](c2ccccc2)C1. The van der Waals surface area contributed by atoms with Gasteiger partial charge in [-0.2, -0.15) is 0 Å². The summed E-state index contributed by atoms with van der Waals surface area (Å²) in [6.07, 6.45) is 4.07. The molecule has 3 aromatic rings. The van der Waals surface area contributed by atoms with Crippen LogP contribution in [0.5, 0.6) is 0 Å². The van der Waals surface area contributed by atoms with E-state index in [-0.39, 0.29) is 11.9 Å². The molecule has 0 saturated carbocycles. The molecule has 0 N–H and O–H groups in total. The Balaban J connectivity index is 1.36. The average molecular weight is 428 g/mol. The first-order valence-corrected chi connectivity index (χ1v) is 11.4. The van der Waals surface area contributed by atoms with E-state index in [1.54, 1.807) is 6.33 Å². The van der Waals surface area contributed by atoms with Gasteiger partial charge >= 0.3 is 0 Å². The van der Waals surface area contributed by atoms with E-state index in [2.05, 4.69) is 38.9 Å². The summed E-state index contributed by atoms with van der Waals surface area (Å²) in [5.41, 5.74) is 3.79. The van der Waals surface area contributed by atoms with Gasteiger partial charge in [-0.1, -0.05) is 42.5 Å². The van der Waals surface area contributed by atoms with E-state index in [0.717, 1.165) is 49.8 Å². The number of aromatic nitrogens is 2. The van der Waals surface area contributed by atoms with Crippen LogP contribution in [-0.2, 0) is 0 Å². The zero-order valence-corrected chi connectivity index (χ0v) is 18.5. The standard InChI is InChI=1S/C26H29N5O/c1-29-15-16-31(24(18-29)21-7-3-2-4-8-21)26(32)22-11-9-20(10-12-22)23-17-25(28-19-27-23)30-13-5-6-14-30/h2-4,7-12,17,19,24H,5-6,13-16,18H2,1H3/t24-/m1/s1. The molecular weight excluding hydrogens is 398 g/mol. The second-order valence-corrected chi connectivity index (χ2v) is 8.72. The summed E-state index contributed by atoms with van der Waals surface area (Å²) in [5, 5.41) is 0. The van der Waals surface area contributed by atoms with Gasteiger partial charge in [0.1, 0.15) is 12.1 Å². The van der Waals surface area contributed by atoms with Gasteiger partial charge in [-0.05, 0) is 37.6 Å². The number of hydrogen-bond donors (Lipinski definition) is 0. The molecule has 2 aromatic carbocycles. The predicted octanol–water partition coefficient (Wildman–Crippen LogP) is 3.87. The van der Waals surface area contributed by atoms with Crippen molar-refractivity contribution in [3.05, 3.63) is 78.1 Å². The molecule has 1 aromatic heterocycles. The third-order valence-corrected chi connectivity index (χ3v) is 6.54. The van der Waals surface area contributed by atoms with Crippen molar-refractivity contribution in [3.8, 4) is 11.3 Å². The van der Waals surface area contributed by atoms with Crippen LogP contribution < -0.4 is 4.90 Å². The molecule has 0 bridgehead atoms. The van der Waals surface area contributed by atoms with Crippen LogP contribution in [0.3, 0.4) is 0 Å². The summed E-state index contributed by atoms with van der Waals surface area (Å²) in [6, 6.07) is 20.3. The average Bonchev–Trinajstić information content (AvgIpc) is 3.40. The Bertz CT molecular complexity index is 1060. The van der Waals surface area contributed by atoms with Gasteiger partial charge in [0.05, 0.1) is 11.7 Å². The van der Waals surface area contributed by atoms with Crippen LogP contribution in [0.1, 0.15) is 34.8 Å². The van der Waals surface area contributed by atoms with E-state index in [4.69, 9.17) is 0 Å². The molecule has 0 radical (unpaired) electrons. The van der Waals surface area contributed by atoms with Crippen LogP contribution in [0.15, 0.2) is 67.0 Å². The smallest absolute Gasteiger partial charge is 0.254 e. The lowest BCUT2D eigenvalue weighted by atomic mass is 10.0.